The molecule has 0 amide bonds. The van der Waals surface area contributed by atoms with E-state index in [1.165, 1.54) is 20.1 Å². The third kappa shape index (κ3) is 4.37. The topological polar surface area (TPSA) is 127 Å². The summed E-state index contributed by atoms with van der Waals surface area (Å²) in [5, 5.41) is 15.3. The normalized spacial score (nSPS) is 11.6. The molecule has 1 aromatic heterocycles. The molecular formula is C20H19N3O7. The Kier molecular flexibility index (Phi) is 6.26. The molecule has 156 valence electrons. The summed E-state index contributed by atoms with van der Waals surface area (Å²) in [4.78, 5) is 27.6. The summed E-state index contributed by atoms with van der Waals surface area (Å²) in [6, 6.07) is 11.5. The Hall–Kier alpha value is -3.95. The zero-order chi connectivity index (χ0) is 21.7. The van der Waals surface area contributed by atoms with E-state index in [0.717, 1.165) is 11.6 Å². The summed E-state index contributed by atoms with van der Waals surface area (Å²) in [6.07, 6.45) is -0.931. The van der Waals surface area contributed by atoms with Crippen LogP contribution in [0.4, 0.5) is 5.69 Å². The van der Waals surface area contributed by atoms with Crippen molar-refractivity contribution in [2.24, 2.45) is 0 Å². The summed E-state index contributed by atoms with van der Waals surface area (Å²) in [7, 11) is 1.35. The summed E-state index contributed by atoms with van der Waals surface area (Å²) in [6.45, 7) is 3.54. The number of carbonyl (C=O) groups excluding carboxylic acids is 1. The summed E-state index contributed by atoms with van der Waals surface area (Å²) in [5.41, 5.74) is -0.0138. The van der Waals surface area contributed by atoms with E-state index in [9.17, 15) is 14.9 Å². The van der Waals surface area contributed by atoms with Crippen LogP contribution >= 0.6 is 0 Å². The third-order valence-electron chi connectivity index (χ3n) is 4.10. The Morgan fingerprint density at radius 2 is 1.97 bits per heavy atom. The van der Waals surface area contributed by atoms with Crippen molar-refractivity contribution in [1.82, 2.24) is 10.1 Å². The monoisotopic (exact) mass is 413 g/mol. The van der Waals surface area contributed by atoms with Gasteiger partial charge in [-0.1, -0.05) is 35.5 Å². The molecule has 10 heteroatoms. The second kappa shape index (κ2) is 9.03. The lowest BCUT2D eigenvalue weighted by molar-refractivity contribution is -0.385. The number of ether oxygens (including phenoxy) is 3. The molecule has 30 heavy (non-hydrogen) atoms. The maximum Gasteiger partial charge on any atom is 0.346 e. The van der Waals surface area contributed by atoms with Gasteiger partial charge in [0.15, 0.2) is 17.6 Å². The van der Waals surface area contributed by atoms with Crippen LogP contribution in [0.15, 0.2) is 47.0 Å². The number of nitrogens with zero attached hydrogens (tertiary/aromatic N) is 3. The minimum absolute atomic E-state index is 0.0587. The van der Waals surface area contributed by atoms with E-state index in [2.05, 4.69) is 10.1 Å². The molecule has 0 aliphatic carbocycles. The standard InChI is InChI=1S/C20H19N3O7/c1-4-28-17-10-14(15(23(25)26)11-16(17)27-3)20(24)29-12(2)19-21-18(22-30-19)13-8-6-5-7-9-13/h5-12H,4H2,1-3H3/t12-/m1/s1. The molecule has 10 nitrogen and oxygen atoms in total. The molecule has 0 unspecified atom stereocenters. The number of esters is 1. The van der Waals surface area contributed by atoms with Gasteiger partial charge in [-0.2, -0.15) is 4.98 Å². The number of rotatable bonds is 8. The molecule has 0 radical (unpaired) electrons. The first-order valence-corrected chi connectivity index (χ1v) is 9.03. The number of benzene rings is 2. The van der Waals surface area contributed by atoms with Crippen molar-refractivity contribution in [3.63, 3.8) is 0 Å². The molecule has 0 spiro atoms. The van der Waals surface area contributed by atoms with Gasteiger partial charge in [0, 0.05) is 11.6 Å². The Morgan fingerprint density at radius 1 is 1.23 bits per heavy atom. The van der Waals surface area contributed by atoms with Crippen LogP contribution in [0.1, 0.15) is 36.2 Å². The predicted molar refractivity (Wildman–Crippen MR) is 104 cm³/mol. The average molecular weight is 413 g/mol. The quantitative estimate of drug-likeness (QED) is 0.306. The van der Waals surface area contributed by atoms with E-state index >= 15 is 0 Å². The van der Waals surface area contributed by atoms with Crippen LogP contribution in [0.3, 0.4) is 0 Å². The van der Waals surface area contributed by atoms with Gasteiger partial charge in [0.05, 0.1) is 24.7 Å². The molecule has 2 aromatic carbocycles. The Labute approximate surface area is 171 Å². The van der Waals surface area contributed by atoms with Crippen LogP contribution in [0, 0.1) is 10.1 Å². The third-order valence-corrected chi connectivity index (χ3v) is 4.10. The summed E-state index contributed by atoms with van der Waals surface area (Å²) in [5.74, 6) is -0.213. The van der Waals surface area contributed by atoms with Crippen LogP contribution in [0.5, 0.6) is 11.5 Å². The van der Waals surface area contributed by atoms with Crippen LogP contribution in [0.25, 0.3) is 11.4 Å². The van der Waals surface area contributed by atoms with Gasteiger partial charge >= 0.3 is 5.97 Å². The van der Waals surface area contributed by atoms with E-state index in [4.69, 9.17) is 18.7 Å². The lowest BCUT2D eigenvalue weighted by Gasteiger charge is -2.13. The number of nitro benzene ring substituents is 1. The molecule has 0 N–H and O–H groups in total. The Balaban J connectivity index is 1.85. The largest absolute Gasteiger partial charge is 0.493 e. The van der Waals surface area contributed by atoms with Crippen molar-refractivity contribution in [1.29, 1.82) is 0 Å². The lowest BCUT2D eigenvalue weighted by Crippen LogP contribution is -2.12. The van der Waals surface area contributed by atoms with Crippen LogP contribution < -0.4 is 9.47 Å². The summed E-state index contributed by atoms with van der Waals surface area (Å²) < 4.78 is 21.0. The minimum Gasteiger partial charge on any atom is -0.493 e. The fourth-order valence-electron chi connectivity index (χ4n) is 2.67. The maximum atomic E-state index is 12.7. The van der Waals surface area contributed by atoms with Crippen molar-refractivity contribution < 1.29 is 28.5 Å². The molecule has 3 rings (SSSR count). The van der Waals surface area contributed by atoms with Gasteiger partial charge in [-0.25, -0.2) is 4.79 Å². The van der Waals surface area contributed by atoms with Crippen molar-refractivity contribution in [2.45, 2.75) is 20.0 Å². The van der Waals surface area contributed by atoms with Crippen LogP contribution in [-0.4, -0.2) is 34.7 Å². The van der Waals surface area contributed by atoms with Gasteiger partial charge in [0.1, 0.15) is 5.56 Å². The van der Waals surface area contributed by atoms with Gasteiger partial charge in [-0.3, -0.25) is 10.1 Å². The zero-order valence-electron chi connectivity index (χ0n) is 16.5. The van der Waals surface area contributed by atoms with Crippen molar-refractivity contribution in [2.75, 3.05) is 13.7 Å². The molecule has 1 heterocycles. The smallest absolute Gasteiger partial charge is 0.346 e. The SMILES string of the molecule is CCOc1cc(C(=O)O[C@H](C)c2nc(-c3ccccc3)no2)c([N+](=O)[O-])cc1OC. The van der Waals surface area contributed by atoms with E-state index < -0.39 is 22.7 Å². The molecular weight excluding hydrogens is 394 g/mol. The van der Waals surface area contributed by atoms with Gasteiger partial charge in [-0.15, -0.1) is 0 Å². The fourth-order valence-corrected chi connectivity index (χ4v) is 2.67. The lowest BCUT2D eigenvalue weighted by atomic mass is 10.1. The number of methoxy groups -OCH3 is 1. The number of aromatic nitrogens is 2. The van der Waals surface area contributed by atoms with Gasteiger partial charge in [-0.05, 0) is 13.8 Å². The molecule has 0 aliphatic heterocycles. The molecule has 1 atom stereocenters. The molecule has 0 aliphatic rings. The zero-order valence-corrected chi connectivity index (χ0v) is 16.5. The number of nitro groups is 1. The first-order valence-electron chi connectivity index (χ1n) is 9.03. The number of hydrogen-bond acceptors (Lipinski definition) is 9. The molecule has 0 bridgehead atoms. The Morgan fingerprint density at radius 3 is 2.60 bits per heavy atom. The predicted octanol–water partition coefficient (Wildman–Crippen LogP) is 3.97. The van der Waals surface area contributed by atoms with Crippen molar-refractivity contribution in [3.8, 4) is 22.9 Å². The highest BCUT2D eigenvalue weighted by molar-refractivity contribution is 5.95. The highest BCUT2D eigenvalue weighted by Gasteiger charge is 2.28. The average Bonchev–Trinajstić information content (AvgIpc) is 3.24. The molecule has 3 aromatic rings. The van der Waals surface area contributed by atoms with E-state index in [-0.39, 0.29) is 29.6 Å². The van der Waals surface area contributed by atoms with Crippen LogP contribution in [0.2, 0.25) is 0 Å². The van der Waals surface area contributed by atoms with Gasteiger partial charge in [0.2, 0.25) is 5.82 Å². The fraction of sp³-hybridized carbons (Fsp3) is 0.250. The van der Waals surface area contributed by atoms with Crippen molar-refractivity contribution in [3.05, 3.63) is 64.0 Å². The van der Waals surface area contributed by atoms with E-state index in [1.54, 1.807) is 19.1 Å². The first-order chi connectivity index (χ1) is 14.4. The van der Waals surface area contributed by atoms with Crippen molar-refractivity contribution >= 4 is 11.7 Å². The van der Waals surface area contributed by atoms with E-state index in [0.29, 0.717) is 5.82 Å². The maximum absolute atomic E-state index is 12.7. The summed E-state index contributed by atoms with van der Waals surface area (Å²) >= 11 is 0. The number of carbonyl (C=O) groups is 1. The number of hydrogen-bond donors (Lipinski definition) is 0. The van der Waals surface area contributed by atoms with Gasteiger partial charge in [0.25, 0.3) is 11.6 Å². The second-order valence-corrected chi connectivity index (χ2v) is 6.08. The molecule has 0 saturated carbocycles. The molecule has 0 saturated heterocycles. The first kappa shape index (κ1) is 20.8. The minimum atomic E-state index is -0.933. The highest BCUT2D eigenvalue weighted by atomic mass is 16.6. The second-order valence-electron chi connectivity index (χ2n) is 6.08. The van der Waals surface area contributed by atoms with Crippen LogP contribution in [-0.2, 0) is 4.74 Å². The highest BCUT2D eigenvalue weighted by Crippen LogP contribution is 2.35. The molecule has 0 fully saturated rings. The Bertz CT molecular complexity index is 1050. The van der Waals surface area contributed by atoms with Gasteiger partial charge < -0.3 is 18.7 Å². The van der Waals surface area contributed by atoms with E-state index in [1.807, 2.05) is 18.2 Å².